The van der Waals surface area contributed by atoms with Crippen molar-refractivity contribution in [2.45, 2.75) is 30.8 Å². The number of nitrogens with zero attached hydrogens (tertiary/aromatic N) is 2. The summed E-state index contributed by atoms with van der Waals surface area (Å²) in [5.74, 6) is -0.764. The zero-order chi connectivity index (χ0) is 18.9. The highest BCUT2D eigenvalue weighted by molar-refractivity contribution is 7.89. The van der Waals surface area contributed by atoms with Crippen LogP contribution in [0.25, 0.3) is 0 Å². The van der Waals surface area contributed by atoms with Gasteiger partial charge in [0, 0.05) is 32.1 Å². The van der Waals surface area contributed by atoms with Gasteiger partial charge in [-0.3, -0.25) is 4.79 Å². The van der Waals surface area contributed by atoms with Gasteiger partial charge in [0.05, 0.1) is 22.6 Å². The van der Waals surface area contributed by atoms with Crippen molar-refractivity contribution >= 4 is 27.5 Å². The Kier molecular flexibility index (Phi) is 5.86. The van der Waals surface area contributed by atoms with Crippen LogP contribution in [0.2, 0.25) is 5.02 Å². The number of hydrogen-bond donors (Lipinski definition) is 0. The molecule has 144 valence electrons. The number of hydrogen-bond acceptors (Lipinski definition) is 4. The van der Waals surface area contributed by atoms with Crippen LogP contribution < -0.4 is 0 Å². The number of halogens is 2. The third-order valence-electron chi connectivity index (χ3n) is 4.88. The summed E-state index contributed by atoms with van der Waals surface area (Å²) in [5.41, 5.74) is 0. The number of carbonyl (C=O) groups is 1. The van der Waals surface area contributed by atoms with Crippen LogP contribution in [0, 0.1) is 11.7 Å². The second-order valence-electron chi connectivity index (χ2n) is 6.72. The Hall–Kier alpha value is -1.22. The fourth-order valence-corrected chi connectivity index (χ4v) is 5.15. The maximum absolute atomic E-state index is 13.3. The predicted octanol–water partition coefficient (Wildman–Crippen LogP) is 2.13. The lowest BCUT2D eigenvalue weighted by Gasteiger charge is -2.36. The fraction of sp³-hybridized carbons (Fsp3) is 0.588. The van der Waals surface area contributed by atoms with E-state index in [0.29, 0.717) is 32.5 Å². The molecule has 0 N–H and O–H groups in total. The maximum Gasteiger partial charge on any atom is 0.243 e. The van der Waals surface area contributed by atoms with E-state index in [2.05, 4.69) is 0 Å². The lowest BCUT2D eigenvalue weighted by molar-refractivity contribution is -0.143. The van der Waals surface area contributed by atoms with E-state index in [1.807, 2.05) is 11.8 Å². The van der Waals surface area contributed by atoms with E-state index in [1.165, 1.54) is 10.4 Å². The number of ether oxygens (including phenoxy) is 1. The molecule has 2 aliphatic heterocycles. The number of amides is 1. The molecule has 2 aliphatic rings. The standard InChI is InChI=1S/C17H22ClFN2O4S/c1-12-11-20(8-9-25-12)17(22)13-4-6-21(7-5-13)26(23,24)14-2-3-16(19)15(18)10-14/h2-3,10,12-13H,4-9,11H2,1H3. The molecule has 0 radical (unpaired) electrons. The lowest BCUT2D eigenvalue weighted by Crippen LogP contribution is -2.49. The van der Waals surface area contributed by atoms with Crippen molar-refractivity contribution in [3.05, 3.63) is 29.0 Å². The molecule has 0 spiro atoms. The van der Waals surface area contributed by atoms with Crippen LogP contribution in [0.1, 0.15) is 19.8 Å². The molecule has 0 aliphatic carbocycles. The Bertz CT molecular complexity index is 781. The first-order chi connectivity index (χ1) is 12.3. The van der Waals surface area contributed by atoms with Crippen molar-refractivity contribution in [1.29, 1.82) is 0 Å². The monoisotopic (exact) mass is 404 g/mol. The Morgan fingerprint density at radius 3 is 2.58 bits per heavy atom. The Balaban J connectivity index is 1.64. The summed E-state index contributed by atoms with van der Waals surface area (Å²) in [6.45, 7) is 4.14. The Morgan fingerprint density at radius 1 is 1.27 bits per heavy atom. The summed E-state index contributed by atoms with van der Waals surface area (Å²) < 4.78 is 45.5. The number of morpholine rings is 1. The maximum atomic E-state index is 13.3. The van der Waals surface area contributed by atoms with E-state index < -0.39 is 15.8 Å². The van der Waals surface area contributed by atoms with Gasteiger partial charge in [0.1, 0.15) is 5.82 Å². The number of piperidine rings is 1. The zero-order valence-electron chi connectivity index (χ0n) is 14.5. The third kappa shape index (κ3) is 4.03. The molecule has 26 heavy (non-hydrogen) atoms. The molecule has 2 heterocycles. The molecule has 0 bridgehead atoms. The first kappa shape index (κ1) is 19.5. The summed E-state index contributed by atoms with van der Waals surface area (Å²) in [5, 5.41) is -0.224. The second-order valence-corrected chi connectivity index (χ2v) is 9.07. The predicted molar refractivity (Wildman–Crippen MR) is 94.9 cm³/mol. The second kappa shape index (κ2) is 7.80. The molecule has 1 unspecified atom stereocenters. The van der Waals surface area contributed by atoms with Crippen LogP contribution >= 0.6 is 11.6 Å². The van der Waals surface area contributed by atoms with Crippen molar-refractivity contribution in [3.8, 4) is 0 Å². The van der Waals surface area contributed by atoms with Crippen LogP contribution in [0.3, 0.4) is 0 Å². The van der Waals surface area contributed by atoms with Crippen molar-refractivity contribution in [2.24, 2.45) is 5.92 Å². The van der Waals surface area contributed by atoms with Crippen LogP contribution in [-0.2, 0) is 19.6 Å². The van der Waals surface area contributed by atoms with Gasteiger partial charge in [-0.25, -0.2) is 12.8 Å². The van der Waals surface area contributed by atoms with E-state index in [4.69, 9.17) is 16.3 Å². The summed E-state index contributed by atoms with van der Waals surface area (Å²) >= 11 is 5.70. The minimum Gasteiger partial charge on any atom is -0.375 e. The first-order valence-electron chi connectivity index (χ1n) is 8.64. The largest absolute Gasteiger partial charge is 0.375 e. The van der Waals surface area contributed by atoms with Gasteiger partial charge < -0.3 is 9.64 Å². The molecular weight excluding hydrogens is 383 g/mol. The summed E-state index contributed by atoms with van der Waals surface area (Å²) in [6.07, 6.45) is 0.966. The van der Waals surface area contributed by atoms with E-state index >= 15 is 0 Å². The molecule has 9 heteroatoms. The van der Waals surface area contributed by atoms with Crippen LogP contribution in [0.15, 0.2) is 23.1 Å². The molecule has 0 saturated carbocycles. The molecule has 1 atom stereocenters. The molecule has 2 fully saturated rings. The number of sulfonamides is 1. The number of carbonyl (C=O) groups excluding carboxylic acids is 1. The summed E-state index contributed by atoms with van der Waals surface area (Å²) in [4.78, 5) is 14.4. The number of rotatable bonds is 3. The van der Waals surface area contributed by atoms with Gasteiger partial charge in [-0.2, -0.15) is 4.31 Å². The van der Waals surface area contributed by atoms with Crippen LogP contribution in [-0.4, -0.2) is 62.4 Å². The SMILES string of the molecule is CC1CN(C(=O)C2CCN(S(=O)(=O)c3ccc(F)c(Cl)c3)CC2)CCO1. The van der Waals surface area contributed by atoms with Gasteiger partial charge in [-0.15, -0.1) is 0 Å². The molecular formula is C17H22ClFN2O4S. The Morgan fingerprint density at radius 2 is 1.96 bits per heavy atom. The molecule has 1 aromatic rings. The number of benzene rings is 1. The lowest BCUT2D eigenvalue weighted by atomic mass is 9.96. The van der Waals surface area contributed by atoms with Crippen LogP contribution in [0.5, 0.6) is 0 Å². The van der Waals surface area contributed by atoms with Crippen molar-refractivity contribution in [1.82, 2.24) is 9.21 Å². The highest BCUT2D eigenvalue weighted by Crippen LogP contribution is 2.27. The van der Waals surface area contributed by atoms with Crippen molar-refractivity contribution in [2.75, 3.05) is 32.8 Å². The minimum atomic E-state index is -3.75. The van der Waals surface area contributed by atoms with E-state index in [1.54, 1.807) is 0 Å². The summed E-state index contributed by atoms with van der Waals surface area (Å²) in [7, 11) is -3.75. The highest BCUT2D eigenvalue weighted by atomic mass is 35.5. The van der Waals surface area contributed by atoms with Crippen molar-refractivity contribution in [3.63, 3.8) is 0 Å². The van der Waals surface area contributed by atoms with E-state index in [0.717, 1.165) is 12.1 Å². The molecule has 1 aromatic carbocycles. The first-order valence-corrected chi connectivity index (χ1v) is 10.5. The summed E-state index contributed by atoms with van der Waals surface area (Å²) in [6, 6.07) is 3.38. The van der Waals surface area contributed by atoms with E-state index in [9.17, 15) is 17.6 Å². The van der Waals surface area contributed by atoms with Gasteiger partial charge in [0.25, 0.3) is 0 Å². The minimum absolute atomic E-state index is 0.0244. The zero-order valence-corrected chi connectivity index (χ0v) is 16.1. The van der Waals surface area contributed by atoms with Gasteiger partial charge >= 0.3 is 0 Å². The average molecular weight is 405 g/mol. The molecule has 0 aromatic heterocycles. The molecule has 3 rings (SSSR count). The normalized spacial score (nSPS) is 23.2. The van der Waals surface area contributed by atoms with Gasteiger partial charge in [-0.1, -0.05) is 11.6 Å². The third-order valence-corrected chi connectivity index (χ3v) is 7.07. The van der Waals surface area contributed by atoms with Crippen molar-refractivity contribution < 1.29 is 22.3 Å². The smallest absolute Gasteiger partial charge is 0.243 e. The van der Waals surface area contributed by atoms with Gasteiger partial charge in [0.2, 0.25) is 15.9 Å². The quantitative estimate of drug-likeness (QED) is 0.774. The Labute approximate surface area is 157 Å². The van der Waals surface area contributed by atoms with E-state index in [-0.39, 0.29) is 40.9 Å². The highest BCUT2D eigenvalue weighted by Gasteiger charge is 2.35. The average Bonchev–Trinajstić information content (AvgIpc) is 2.63. The topological polar surface area (TPSA) is 66.9 Å². The molecule has 6 nitrogen and oxygen atoms in total. The van der Waals surface area contributed by atoms with Crippen LogP contribution in [0.4, 0.5) is 4.39 Å². The van der Waals surface area contributed by atoms with Gasteiger partial charge in [-0.05, 0) is 38.0 Å². The molecule has 2 saturated heterocycles. The molecule has 1 amide bonds. The van der Waals surface area contributed by atoms with Gasteiger partial charge in [0.15, 0.2) is 0 Å². The fourth-order valence-electron chi connectivity index (χ4n) is 3.41.